The van der Waals surface area contributed by atoms with Gasteiger partial charge in [-0.2, -0.15) is 81.7 Å². The van der Waals surface area contributed by atoms with Crippen LogP contribution in [0.15, 0.2) is 0 Å². The van der Waals surface area contributed by atoms with E-state index in [4.69, 9.17) is 0 Å². The molecule has 2 atom stereocenters. The molecule has 0 saturated carbocycles. The topological polar surface area (TPSA) is 130 Å². The average molecular weight is 578 g/mol. The molecule has 194 valence electrons. The number of alkyl halides is 11. The minimum atomic E-state index is -8.70. The van der Waals surface area contributed by atoms with Crippen LogP contribution in [0.25, 0.3) is 0 Å². The van der Waals surface area contributed by atoms with Gasteiger partial charge in [0.2, 0.25) is 0 Å². The highest BCUT2D eigenvalue weighted by molar-refractivity contribution is 7.82. The third kappa shape index (κ3) is 5.81. The molecule has 0 heterocycles. The normalized spacial score (nSPS) is 19.3. The summed E-state index contributed by atoms with van der Waals surface area (Å²) < 4.78 is 249. The Morgan fingerprint density at radius 2 is 0.688 bits per heavy atom. The fourth-order valence-corrected chi connectivity index (χ4v) is 2.93. The first-order valence-electron chi connectivity index (χ1n) is 5.90. The van der Waals surface area contributed by atoms with Gasteiger partial charge in [0.05, 0.1) is 0 Å². The molecule has 0 fully saturated rings. The van der Waals surface area contributed by atoms with Gasteiger partial charge in [0, 0.05) is 0 Å². The Bertz CT molecular complexity index is 1010. The molecule has 0 rings (SSSR count). The molecule has 0 aliphatic rings. The fourth-order valence-electron chi connectivity index (χ4n) is 1.60. The van der Waals surface area contributed by atoms with Crippen molar-refractivity contribution >= 4 is 31.5 Å². The second kappa shape index (κ2) is 7.91. The molecule has 0 aliphatic carbocycles. The summed E-state index contributed by atoms with van der Waals surface area (Å²) in [7, 11) is -23.8. The molecule has 2 unspecified atom stereocenters. The molecule has 0 aromatic heterocycles. The number of halogens is 14. The highest BCUT2D eigenvalue weighted by atomic mass is 32.3. The molecule has 0 radical (unpaired) electrons. The standard InChI is InChI=1S/C6F14O9S3/c7-1(4(10,11)12,5(13,14)15)2(8,27-30(18,21)22)3(9,28-31(19,23)24)6(16,17)29-32(20,25)26. The van der Waals surface area contributed by atoms with Crippen molar-refractivity contribution in [1.82, 2.24) is 0 Å². The first-order valence-corrected chi connectivity index (χ1v) is 9.83. The van der Waals surface area contributed by atoms with Crippen molar-refractivity contribution in [1.29, 1.82) is 0 Å². The van der Waals surface area contributed by atoms with Crippen molar-refractivity contribution in [3.8, 4) is 0 Å². The summed E-state index contributed by atoms with van der Waals surface area (Å²) in [6, 6.07) is 0. The molecule has 9 nitrogen and oxygen atoms in total. The van der Waals surface area contributed by atoms with Crippen LogP contribution >= 0.6 is 0 Å². The van der Waals surface area contributed by atoms with E-state index in [1.54, 1.807) is 4.18 Å². The zero-order chi connectivity index (χ0) is 26.6. The second-order valence-corrected chi connectivity index (χ2v) is 7.65. The fraction of sp³-hybridized carbons (Fsp3) is 1.00. The van der Waals surface area contributed by atoms with Crippen LogP contribution in [0.3, 0.4) is 0 Å². The lowest BCUT2D eigenvalue weighted by Crippen LogP contribution is -2.78. The Morgan fingerprint density at radius 1 is 0.438 bits per heavy atom. The zero-order valence-corrected chi connectivity index (χ0v) is 15.6. The molecule has 0 N–H and O–H groups in total. The monoisotopic (exact) mass is 578 g/mol. The van der Waals surface area contributed by atoms with E-state index in [0.717, 1.165) is 0 Å². The summed E-state index contributed by atoms with van der Waals surface area (Å²) in [6.07, 6.45) is -24.6. The van der Waals surface area contributed by atoms with Gasteiger partial charge in [-0.25, -0.2) is 4.39 Å². The Hall–Kier alpha value is -1.25. The highest BCUT2D eigenvalue weighted by Crippen LogP contribution is 2.62. The maximum absolute atomic E-state index is 14.5. The molecule has 32 heavy (non-hydrogen) atoms. The lowest BCUT2D eigenvalue weighted by atomic mass is 9.88. The molecular formula is C6F14O9S3. The van der Waals surface area contributed by atoms with E-state index in [1.807, 2.05) is 0 Å². The molecule has 0 aromatic rings. The largest absolute Gasteiger partial charge is 0.442 e. The Balaban J connectivity index is 7.97. The highest BCUT2D eigenvalue weighted by Gasteiger charge is 2.95. The summed E-state index contributed by atoms with van der Waals surface area (Å²) in [4.78, 5) is 0. The second-order valence-electron chi connectivity index (χ2n) is 4.79. The van der Waals surface area contributed by atoms with Gasteiger partial charge in [0.1, 0.15) is 0 Å². The lowest BCUT2D eigenvalue weighted by Gasteiger charge is -2.45. The summed E-state index contributed by atoms with van der Waals surface area (Å²) >= 11 is 0. The predicted octanol–water partition coefficient (Wildman–Crippen LogP) is 2.44. The smallest absolute Gasteiger partial charge is 0.217 e. The predicted molar refractivity (Wildman–Crippen MR) is 61.9 cm³/mol. The van der Waals surface area contributed by atoms with Gasteiger partial charge in [-0.1, -0.05) is 11.7 Å². The van der Waals surface area contributed by atoms with E-state index in [-0.39, 0.29) is 0 Å². The quantitative estimate of drug-likeness (QED) is 0.299. The molecule has 0 saturated heterocycles. The number of hydrogen-bond donors (Lipinski definition) is 0. The van der Waals surface area contributed by atoms with Crippen molar-refractivity contribution in [3.05, 3.63) is 0 Å². The van der Waals surface area contributed by atoms with Crippen LogP contribution < -0.4 is 0 Å². The van der Waals surface area contributed by atoms with E-state index >= 15 is 0 Å². The van der Waals surface area contributed by atoms with Gasteiger partial charge in [-0.3, -0.25) is 0 Å². The maximum atomic E-state index is 14.5. The summed E-state index contributed by atoms with van der Waals surface area (Å²) in [5.41, 5.74) is -8.70. The number of rotatable bonds is 9. The first kappa shape index (κ1) is 30.8. The summed E-state index contributed by atoms with van der Waals surface area (Å²) in [5.74, 6) is -16.9. The summed E-state index contributed by atoms with van der Waals surface area (Å²) in [6.45, 7) is 0. The van der Waals surface area contributed by atoms with Crippen molar-refractivity contribution in [2.24, 2.45) is 0 Å². The van der Waals surface area contributed by atoms with E-state index in [9.17, 15) is 85.2 Å². The van der Waals surface area contributed by atoms with Crippen LogP contribution in [0.4, 0.5) is 60.0 Å². The summed E-state index contributed by atoms with van der Waals surface area (Å²) in [5, 5.41) is 0. The van der Waals surface area contributed by atoms with Crippen LogP contribution in [0, 0.1) is 0 Å². The zero-order valence-electron chi connectivity index (χ0n) is 13.2. The van der Waals surface area contributed by atoms with Crippen LogP contribution in [-0.4, -0.2) is 61.1 Å². The molecule has 0 spiro atoms. The van der Waals surface area contributed by atoms with Gasteiger partial charge in [-0.15, -0.1) is 0 Å². The van der Waals surface area contributed by atoms with Gasteiger partial charge < -0.3 is 0 Å². The van der Waals surface area contributed by atoms with E-state index < -0.39 is 67.4 Å². The third-order valence-corrected chi connectivity index (χ3v) is 3.91. The molecule has 0 amide bonds. The average Bonchev–Trinajstić information content (AvgIpc) is 2.36. The van der Waals surface area contributed by atoms with Gasteiger partial charge in [0.25, 0.3) is 0 Å². The van der Waals surface area contributed by atoms with E-state index in [0.29, 0.717) is 0 Å². The minimum absolute atomic E-state index is 1.47. The maximum Gasteiger partial charge on any atom is 0.442 e. The van der Waals surface area contributed by atoms with Crippen molar-refractivity contribution in [2.45, 2.75) is 35.8 Å². The molecular weight excluding hydrogens is 578 g/mol. The van der Waals surface area contributed by atoms with Crippen LogP contribution in [0.5, 0.6) is 0 Å². The van der Waals surface area contributed by atoms with Crippen LogP contribution in [-0.2, 0) is 44.1 Å². The van der Waals surface area contributed by atoms with E-state index in [2.05, 4.69) is 0 Å². The molecule has 0 aliphatic heterocycles. The SMILES string of the molecule is O=S(=O)(F)OC(F)(F)C(F)(OS(=O)(=O)F)C(F)(OS(=O)(=O)F)C(F)(C(F)(F)F)C(F)(F)F. The van der Waals surface area contributed by atoms with Crippen molar-refractivity contribution in [3.63, 3.8) is 0 Å². The van der Waals surface area contributed by atoms with E-state index in [1.165, 1.54) is 8.37 Å². The van der Waals surface area contributed by atoms with Crippen molar-refractivity contribution in [2.75, 3.05) is 0 Å². The Morgan fingerprint density at radius 3 is 0.906 bits per heavy atom. The molecule has 0 aromatic carbocycles. The lowest BCUT2D eigenvalue weighted by molar-refractivity contribution is -0.478. The van der Waals surface area contributed by atoms with Gasteiger partial charge in [-0.05, 0) is 0 Å². The third-order valence-electron chi connectivity index (χ3n) is 2.65. The Kier molecular flexibility index (Phi) is 7.60. The van der Waals surface area contributed by atoms with Crippen molar-refractivity contribution < 1.29 is 97.8 Å². The first-order chi connectivity index (χ1) is 13.4. The van der Waals surface area contributed by atoms with Crippen LogP contribution in [0.1, 0.15) is 0 Å². The van der Waals surface area contributed by atoms with Gasteiger partial charge >= 0.3 is 67.4 Å². The molecule has 26 heteroatoms. The molecule has 0 bridgehead atoms. The van der Waals surface area contributed by atoms with Gasteiger partial charge in [0.15, 0.2) is 0 Å². The Labute approximate surface area is 166 Å². The minimum Gasteiger partial charge on any atom is -0.217 e. The number of hydrogen-bond acceptors (Lipinski definition) is 9. The van der Waals surface area contributed by atoms with Crippen LogP contribution in [0.2, 0.25) is 0 Å².